The van der Waals surface area contributed by atoms with Crippen molar-refractivity contribution in [2.24, 2.45) is 5.92 Å². The number of hydrogen-bond donors (Lipinski definition) is 0. The van der Waals surface area contributed by atoms with Crippen LogP contribution < -0.4 is 0 Å². The number of nitrogens with zero attached hydrogens (tertiary/aromatic N) is 2. The van der Waals surface area contributed by atoms with Crippen LogP contribution in [0.4, 0.5) is 5.69 Å². The Bertz CT molecular complexity index is 838. The third kappa shape index (κ3) is 3.09. The Kier molecular flexibility index (Phi) is 5.03. The van der Waals surface area contributed by atoms with Gasteiger partial charge in [0, 0.05) is 18.2 Å². The first-order valence-corrected chi connectivity index (χ1v) is 10.1. The molecular formula is C17H22N2O6S. The van der Waals surface area contributed by atoms with Gasteiger partial charge in [0.25, 0.3) is 5.69 Å². The van der Waals surface area contributed by atoms with Gasteiger partial charge in [0.15, 0.2) is 0 Å². The van der Waals surface area contributed by atoms with Crippen LogP contribution in [0.15, 0.2) is 23.1 Å². The summed E-state index contributed by atoms with van der Waals surface area (Å²) in [6.45, 7) is 1.60. The summed E-state index contributed by atoms with van der Waals surface area (Å²) in [5, 5.41) is 11.1. The van der Waals surface area contributed by atoms with Gasteiger partial charge in [-0.3, -0.25) is 14.9 Å². The summed E-state index contributed by atoms with van der Waals surface area (Å²) in [4.78, 5) is 22.6. The minimum absolute atomic E-state index is 0.113. The molecule has 1 heterocycles. The van der Waals surface area contributed by atoms with Gasteiger partial charge in [-0.05, 0) is 37.7 Å². The monoisotopic (exact) mass is 382 g/mol. The van der Waals surface area contributed by atoms with E-state index in [1.165, 1.54) is 23.5 Å². The van der Waals surface area contributed by atoms with Crippen molar-refractivity contribution in [3.63, 3.8) is 0 Å². The average molecular weight is 382 g/mol. The molecule has 1 aromatic rings. The van der Waals surface area contributed by atoms with Crippen LogP contribution in [0.5, 0.6) is 0 Å². The number of aryl methyl sites for hydroxylation is 1. The predicted molar refractivity (Wildman–Crippen MR) is 93.0 cm³/mol. The smallest absolute Gasteiger partial charge is 0.324 e. The van der Waals surface area contributed by atoms with E-state index in [0.717, 1.165) is 25.3 Å². The SMILES string of the molecule is COC(=O)C1CC2CCCCC2N1S(=O)(=O)c1cc([N+](=O)[O-])ccc1C. The number of carbonyl (C=O) groups excluding carboxylic acids is 1. The molecule has 1 saturated heterocycles. The molecule has 142 valence electrons. The fraction of sp³-hybridized carbons (Fsp3) is 0.588. The lowest BCUT2D eigenvalue weighted by molar-refractivity contribution is -0.385. The van der Waals surface area contributed by atoms with Crippen LogP contribution in [-0.2, 0) is 19.6 Å². The van der Waals surface area contributed by atoms with Gasteiger partial charge < -0.3 is 4.74 Å². The zero-order chi connectivity index (χ0) is 19.1. The van der Waals surface area contributed by atoms with Crippen molar-refractivity contribution < 1.29 is 22.9 Å². The number of nitro groups is 1. The maximum atomic E-state index is 13.4. The summed E-state index contributed by atoms with van der Waals surface area (Å²) in [5.41, 5.74) is 0.127. The van der Waals surface area contributed by atoms with E-state index in [2.05, 4.69) is 0 Å². The summed E-state index contributed by atoms with van der Waals surface area (Å²) in [6.07, 6.45) is 3.90. The van der Waals surface area contributed by atoms with Crippen LogP contribution in [0.3, 0.4) is 0 Å². The summed E-state index contributed by atoms with van der Waals surface area (Å²) >= 11 is 0. The number of methoxy groups -OCH3 is 1. The van der Waals surface area contributed by atoms with Crippen molar-refractivity contribution in [1.29, 1.82) is 0 Å². The van der Waals surface area contributed by atoms with E-state index >= 15 is 0 Å². The number of benzene rings is 1. The third-order valence-electron chi connectivity index (χ3n) is 5.44. The van der Waals surface area contributed by atoms with Gasteiger partial charge in [0.05, 0.1) is 16.9 Å². The zero-order valence-electron chi connectivity index (χ0n) is 14.8. The summed E-state index contributed by atoms with van der Waals surface area (Å²) in [5.74, 6) is -0.465. The van der Waals surface area contributed by atoms with Crippen molar-refractivity contribution in [1.82, 2.24) is 4.31 Å². The maximum absolute atomic E-state index is 13.4. The number of fused-ring (bicyclic) bond motifs is 1. The van der Waals surface area contributed by atoms with Gasteiger partial charge in [0.2, 0.25) is 10.0 Å². The second-order valence-corrected chi connectivity index (χ2v) is 8.74. The highest BCUT2D eigenvalue weighted by Gasteiger charge is 2.51. The summed E-state index contributed by atoms with van der Waals surface area (Å²) in [7, 11) is -2.83. The highest BCUT2D eigenvalue weighted by Crippen LogP contribution is 2.43. The molecule has 0 radical (unpaired) electrons. The first kappa shape index (κ1) is 18.8. The fourth-order valence-electron chi connectivity index (χ4n) is 4.20. The van der Waals surface area contributed by atoms with E-state index in [0.29, 0.717) is 18.4 Å². The van der Waals surface area contributed by atoms with Crippen molar-refractivity contribution in [3.05, 3.63) is 33.9 Å². The first-order chi connectivity index (χ1) is 12.3. The molecule has 0 bridgehead atoms. The Morgan fingerprint density at radius 1 is 1.31 bits per heavy atom. The largest absolute Gasteiger partial charge is 0.468 e. The van der Waals surface area contributed by atoms with Gasteiger partial charge in [-0.1, -0.05) is 18.9 Å². The standard InChI is InChI=1S/C17H22N2O6S/c1-11-7-8-13(19(21)22)10-16(11)26(23,24)18-14-6-4-3-5-12(14)9-15(18)17(20)25-2/h7-8,10,12,14-15H,3-6,9H2,1-2H3. The van der Waals surface area contributed by atoms with E-state index in [4.69, 9.17) is 4.74 Å². The van der Waals surface area contributed by atoms with Crippen LogP contribution in [0, 0.1) is 23.0 Å². The molecule has 8 nitrogen and oxygen atoms in total. The van der Waals surface area contributed by atoms with Crippen LogP contribution >= 0.6 is 0 Å². The Labute approximate surface area is 152 Å². The van der Waals surface area contributed by atoms with Crippen molar-refractivity contribution in [2.75, 3.05) is 7.11 Å². The molecule has 1 aromatic carbocycles. The molecule has 0 spiro atoms. The van der Waals surface area contributed by atoms with Crippen molar-refractivity contribution >= 4 is 21.7 Å². The first-order valence-electron chi connectivity index (χ1n) is 8.63. The number of carbonyl (C=O) groups is 1. The molecule has 9 heteroatoms. The quantitative estimate of drug-likeness (QED) is 0.450. The minimum atomic E-state index is -4.07. The second kappa shape index (κ2) is 6.96. The Hall–Kier alpha value is -2.00. The van der Waals surface area contributed by atoms with Gasteiger partial charge >= 0.3 is 5.97 Å². The van der Waals surface area contributed by atoms with Gasteiger partial charge in [-0.2, -0.15) is 4.31 Å². The van der Waals surface area contributed by atoms with Crippen molar-refractivity contribution in [3.8, 4) is 0 Å². The lowest BCUT2D eigenvalue weighted by Gasteiger charge is -2.32. The molecule has 2 aliphatic rings. The molecule has 3 unspecified atom stereocenters. The van der Waals surface area contributed by atoms with Crippen LogP contribution in [0.2, 0.25) is 0 Å². The molecule has 26 heavy (non-hydrogen) atoms. The molecule has 3 atom stereocenters. The molecule has 1 aliphatic carbocycles. The topological polar surface area (TPSA) is 107 Å². The van der Waals surface area contributed by atoms with Gasteiger partial charge in [-0.25, -0.2) is 8.42 Å². The second-order valence-electron chi connectivity index (χ2n) is 6.93. The lowest BCUT2D eigenvalue weighted by atomic mass is 9.85. The summed E-state index contributed by atoms with van der Waals surface area (Å²) in [6, 6.07) is 2.63. The van der Waals surface area contributed by atoms with E-state index in [1.54, 1.807) is 6.92 Å². The van der Waals surface area contributed by atoms with Crippen LogP contribution in [-0.4, -0.2) is 42.8 Å². The number of nitro benzene ring substituents is 1. The Morgan fingerprint density at radius 3 is 2.65 bits per heavy atom. The number of hydrogen-bond acceptors (Lipinski definition) is 6. The summed E-state index contributed by atoms with van der Waals surface area (Å²) < 4.78 is 32.9. The van der Waals surface area contributed by atoms with E-state index in [9.17, 15) is 23.3 Å². The molecule has 0 aromatic heterocycles. The Balaban J connectivity index is 2.10. The molecule has 0 N–H and O–H groups in total. The predicted octanol–water partition coefficient (Wildman–Crippen LogP) is 2.40. The molecule has 2 fully saturated rings. The van der Waals surface area contributed by atoms with E-state index < -0.39 is 27.0 Å². The number of ether oxygens (including phenoxy) is 1. The maximum Gasteiger partial charge on any atom is 0.324 e. The van der Waals surface area contributed by atoms with E-state index in [1.807, 2.05) is 0 Å². The number of sulfonamides is 1. The number of rotatable bonds is 4. The number of non-ortho nitro benzene ring substituents is 1. The van der Waals surface area contributed by atoms with E-state index in [-0.39, 0.29) is 22.5 Å². The lowest BCUT2D eigenvalue weighted by Crippen LogP contribution is -2.46. The molecule has 3 rings (SSSR count). The fourth-order valence-corrected chi connectivity index (χ4v) is 6.31. The normalized spacial score (nSPS) is 26.3. The van der Waals surface area contributed by atoms with Crippen LogP contribution in [0.1, 0.15) is 37.7 Å². The highest BCUT2D eigenvalue weighted by molar-refractivity contribution is 7.89. The van der Waals surface area contributed by atoms with Crippen molar-refractivity contribution in [2.45, 2.75) is 56.0 Å². The average Bonchev–Trinajstić information content (AvgIpc) is 3.01. The minimum Gasteiger partial charge on any atom is -0.468 e. The zero-order valence-corrected chi connectivity index (χ0v) is 15.6. The van der Waals surface area contributed by atoms with Crippen LogP contribution in [0.25, 0.3) is 0 Å². The molecule has 0 amide bonds. The van der Waals surface area contributed by atoms with Gasteiger partial charge in [-0.15, -0.1) is 0 Å². The molecular weight excluding hydrogens is 360 g/mol. The van der Waals surface area contributed by atoms with Gasteiger partial charge in [0.1, 0.15) is 6.04 Å². The number of esters is 1. The molecule has 1 saturated carbocycles. The molecule has 1 aliphatic heterocycles. The highest BCUT2D eigenvalue weighted by atomic mass is 32.2. The Morgan fingerprint density at radius 2 is 2.00 bits per heavy atom. The third-order valence-corrected chi connectivity index (χ3v) is 7.52.